The number of hydrogen-bond acceptors (Lipinski definition) is 10. The average Bonchev–Trinajstić information content (AvgIpc) is 2.72. The number of non-ortho nitro benzene ring substituents is 1. The Hall–Kier alpha value is -4.21. The summed E-state index contributed by atoms with van der Waals surface area (Å²) in [7, 11) is -4.77. The average molecular weight is 510 g/mol. The highest BCUT2D eigenvalue weighted by Crippen LogP contribution is 2.42. The number of halogens is 1. The fourth-order valence-electron chi connectivity index (χ4n) is 2.97. The Morgan fingerprint density at radius 1 is 1.09 bits per heavy atom. The first-order valence-corrected chi connectivity index (χ1v) is 10.7. The number of aromatic hydroxyl groups is 1. The third-order valence-corrected chi connectivity index (χ3v) is 5.46. The molecule has 14 nitrogen and oxygen atoms in total. The van der Waals surface area contributed by atoms with Crippen molar-refractivity contribution in [3.63, 3.8) is 0 Å². The molecule has 3 aromatic rings. The first-order valence-electron chi connectivity index (χ1n) is 8.88. The van der Waals surface area contributed by atoms with Crippen molar-refractivity contribution >= 4 is 66.8 Å². The van der Waals surface area contributed by atoms with Gasteiger partial charge in [-0.3, -0.25) is 29.6 Å². The number of fused-ring (bicyclic) bond motifs is 1. The Morgan fingerprint density at radius 3 is 2.32 bits per heavy atom. The van der Waals surface area contributed by atoms with Crippen molar-refractivity contribution in [3.05, 3.63) is 61.6 Å². The summed E-state index contributed by atoms with van der Waals surface area (Å²) in [6.07, 6.45) is 0. The van der Waals surface area contributed by atoms with Crippen molar-refractivity contribution in [1.29, 1.82) is 0 Å². The molecular weight excluding hydrogens is 498 g/mol. The van der Waals surface area contributed by atoms with Gasteiger partial charge in [-0.25, -0.2) is 0 Å². The minimum Gasteiger partial charge on any atom is -0.507 e. The van der Waals surface area contributed by atoms with Crippen molar-refractivity contribution in [3.8, 4) is 5.75 Å². The highest BCUT2D eigenvalue weighted by molar-refractivity contribution is 7.85. The molecule has 0 fully saturated rings. The lowest BCUT2D eigenvalue weighted by molar-refractivity contribution is -0.393. The van der Waals surface area contributed by atoms with Gasteiger partial charge in [-0.1, -0.05) is 11.6 Å². The predicted octanol–water partition coefficient (Wildman–Crippen LogP) is 4.64. The van der Waals surface area contributed by atoms with Gasteiger partial charge in [0.15, 0.2) is 5.69 Å². The first kappa shape index (κ1) is 24.4. The topological polar surface area (TPSA) is 215 Å². The van der Waals surface area contributed by atoms with Gasteiger partial charge in [0.1, 0.15) is 5.75 Å². The molecule has 3 aromatic carbocycles. The van der Waals surface area contributed by atoms with Crippen LogP contribution in [0.1, 0.15) is 6.92 Å². The maximum atomic E-state index is 11.7. The lowest BCUT2D eigenvalue weighted by Crippen LogP contribution is -2.08. The van der Waals surface area contributed by atoms with Gasteiger partial charge in [0.05, 0.1) is 37.2 Å². The lowest BCUT2D eigenvalue weighted by atomic mass is 10.1. The normalized spacial score (nSPS) is 11.6. The number of nitro benzene ring substituents is 2. The Balaban J connectivity index is 2.30. The van der Waals surface area contributed by atoms with Gasteiger partial charge in [0.2, 0.25) is 5.91 Å². The second kappa shape index (κ2) is 8.97. The molecule has 0 bridgehead atoms. The maximum Gasteiger partial charge on any atom is 0.305 e. The molecule has 0 saturated carbocycles. The number of nitrogens with one attached hydrogen (secondary N) is 1. The van der Waals surface area contributed by atoms with E-state index in [-0.39, 0.29) is 27.9 Å². The largest absolute Gasteiger partial charge is 0.507 e. The highest BCUT2D eigenvalue weighted by Gasteiger charge is 2.24. The standard InChI is InChI=1S/C18H12ClN5O9S/c1-8(25)20-14-7-10(34(31,32)33)6-11-13(2-3-16(26)17(11)14)21-22-18-12(19)4-9(23(27)28)5-15(18)24(29)30/h2-7,26H,1H3,(H,20,25)(H,31,32,33)/b22-21+. The molecule has 16 heteroatoms. The van der Waals surface area contributed by atoms with Gasteiger partial charge in [0.25, 0.3) is 15.8 Å². The van der Waals surface area contributed by atoms with Gasteiger partial charge in [0, 0.05) is 23.8 Å². The van der Waals surface area contributed by atoms with E-state index in [9.17, 15) is 43.1 Å². The molecule has 0 saturated heterocycles. The number of phenolic OH excluding ortho intramolecular Hbond substituents is 1. The molecule has 3 N–H and O–H groups in total. The molecule has 0 atom stereocenters. The van der Waals surface area contributed by atoms with Crippen LogP contribution in [0.5, 0.6) is 5.75 Å². The number of phenols is 1. The number of rotatable bonds is 6. The van der Waals surface area contributed by atoms with E-state index in [1.807, 2.05) is 0 Å². The Kier molecular flexibility index (Phi) is 6.45. The van der Waals surface area contributed by atoms with E-state index in [1.165, 1.54) is 6.07 Å². The van der Waals surface area contributed by atoms with Crippen LogP contribution in [-0.4, -0.2) is 33.8 Å². The molecule has 0 aromatic heterocycles. The van der Waals surface area contributed by atoms with Crippen LogP contribution in [-0.2, 0) is 14.9 Å². The number of carbonyl (C=O) groups is 1. The summed E-state index contributed by atoms with van der Waals surface area (Å²) in [6, 6.07) is 5.65. The van der Waals surface area contributed by atoms with Crippen molar-refractivity contribution < 1.29 is 32.7 Å². The number of benzene rings is 3. The zero-order chi connectivity index (χ0) is 25.4. The predicted molar refractivity (Wildman–Crippen MR) is 119 cm³/mol. The number of azo groups is 1. The van der Waals surface area contributed by atoms with Crippen LogP contribution in [0.15, 0.2) is 51.5 Å². The second-order valence-electron chi connectivity index (χ2n) is 6.66. The summed E-state index contributed by atoms with van der Waals surface area (Å²) in [5, 5.41) is 41.9. The molecule has 0 heterocycles. The monoisotopic (exact) mass is 509 g/mol. The number of carbonyl (C=O) groups excluding carboxylic acids is 1. The van der Waals surface area contributed by atoms with Crippen molar-refractivity contribution in [2.75, 3.05) is 5.32 Å². The van der Waals surface area contributed by atoms with E-state index in [0.29, 0.717) is 6.07 Å². The maximum absolute atomic E-state index is 11.7. The minimum absolute atomic E-state index is 0.0663. The molecule has 3 rings (SSSR count). The molecule has 34 heavy (non-hydrogen) atoms. The Labute approximate surface area is 194 Å². The number of nitro groups is 2. The molecule has 1 amide bonds. The van der Waals surface area contributed by atoms with Crippen molar-refractivity contribution in [2.24, 2.45) is 10.2 Å². The third-order valence-electron chi connectivity index (χ3n) is 4.34. The SMILES string of the molecule is CC(=O)Nc1cc(S(=O)(=O)O)cc2c(/N=N/c3c(Cl)cc([N+](=O)[O-])cc3[N+](=O)[O-])ccc(O)c12. The summed E-state index contributed by atoms with van der Waals surface area (Å²) in [5.41, 5.74) is -2.31. The lowest BCUT2D eigenvalue weighted by Gasteiger charge is -2.12. The number of nitrogens with zero attached hydrogens (tertiary/aromatic N) is 4. The summed E-state index contributed by atoms with van der Waals surface area (Å²) in [4.78, 5) is 31.4. The quantitative estimate of drug-likeness (QED) is 0.182. The Morgan fingerprint density at radius 2 is 1.76 bits per heavy atom. The smallest absolute Gasteiger partial charge is 0.305 e. The molecule has 0 aliphatic heterocycles. The molecule has 0 aliphatic carbocycles. The van der Waals surface area contributed by atoms with Crippen LogP contribution in [0, 0.1) is 20.2 Å². The summed E-state index contributed by atoms with van der Waals surface area (Å²) < 4.78 is 32.9. The molecule has 0 unspecified atom stereocenters. The molecule has 0 radical (unpaired) electrons. The van der Waals surface area contributed by atoms with Crippen LogP contribution in [0.2, 0.25) is 5.02 Å². The molecular formula is C18H12ClN5O9S. The molecule has 0 spiro atoms. The molecule has 176 valence electrons. The minimum atomic E-state index is -4.77. The van der Waals surface area contributed by atoms with Crippen LogP contribution in [0.4, 0.5) is 28.4 Å². The highest BCUT2D eigenvalue weighted by atomic mass is 35.5. The van der Waals surface area contributed by atoms with E-state index < -0.39 is 52.9 Å². The Bertz CT molecular complexity index is 1520. The third kappa shape index (κ3) is 4.90. The van der Waals surface area contributed by atoms with Crippen LogP contribution in [0.25, 0.3) is 10.8 Å². The van der Waals surface area contributed by atoms with Gasteiger partial charge < -0.3 is 10.4 Å². The fraction of sp³-hybridized carbons (Fsp3) is 0.0556. The van der Waals surface area contributed by atoms with E-state index in [2.05, 4.69) is 15.5 Å². The van der Waals surface area contributed by atoms with Gasteiger partial charge in [-0.2, -0.15) is 8.42 Å². The van der Waals surface area contributed by atoms with E-state index in [4.69, 9.17) is 11.6 Å². The fourth-order valence-corrected chi connectivity index (χ4v) is 3.75. The summed E-state index contributed by atoms with van der Waals surface area (Å²) in [5.74, 6) is -1.01. The number of anilines is 1. The van der Waals surface area contributed by atoms with Crippen LogP contribution >= 0.6 is 11.6 Å². The number of amides is 1. The van der Waals surface area contributed by atoms with E-state index in [0.717, 1.165) is 31.2 Å². The van der Waals surface area contributed by atoms with Gasteiger partial charge in [-0.15, -0.1) is 10.2 Å². The second-order valence-corrected chi connectivity index (χ2v) is 8.49. The van der Waals surface area contributed by atoms with E-state index >= 15 is 0 Å². The number of hydrogen-bond donors (Lipinski definition) is 3. The zero-order valence-corrected chi connectivity index (χ0v) is 18.4. The van der Waals surface area contributed by atoms with Crippen LogP contribution in [0.3, 0.4) is 0 Å². The van der Waals surface area contributed by atoms with Gasteiger partial charge in [-0.05, 0) is 24.3 Å². The zero-order valence-electron chi connectivity index (χ0n) is 16.8. The first-order chi connectivity index (χ1) is 15.8. The summed E-state index contributed by atoms with van der Waals surface area (Å²) in [6.45, 7) is 1.13. The summed E-state index contributed by atoms with van der Waals surface area (Å²) >= 11 is 5.94. The molecule has 0 aliphatic rings. The van der Waals surface area contributed by atoms with Crippen molar-refractivity contribution in [2.45, 2.75) is 11.8 Å². The van der Waals surface area contributed by atoms with Crippen LogP contribution < -0.4 is 5.32 Å². The van der Waals surface area contributed by atoms with Gasteiger partial charge >= 0.3 is 5.69 Å². The van der Waals surface area contributed by atoms with Crippen molar-refractivity contribution in [1.82, 2.24) is 0 Å². The van der Waals surface area contributed by atoms with E-state index in [1.54, 1.807) is 0 Å².